The van der Waals surface area contributed by atoms with E-state index in [1.807, 2.05) is 12.1 Å². The van der Waals surface area contributed by atoms with Crippen molar-refractivity contribution in [2.75, 3.05) is 0 Å². The Hall–Kier alpha value is -1.62. The van der Waals surface area contributed by atoms with Crippen molar-refractivity contribution >= 4 is 5.91 Å². The summed E-state index contributed by atoms with van der Waals surface area (Å²) in [4.78, 5) is 16.4. The molecule has 2 aliphatic rings. The first-order chi connectivity index (χ1) is 11.2. The molecule has 1 heterocycles. The molecule has 2 aliphatic carbocycles. The molecule has 23 heavy (non-hydrogen) atoms. The summed E-state index contributed by atoms with van der Waals surface area (Å²) >= 11 is 0. The smallest absolute Gasteiger partial charge is 0.225 e. The molecule has 0 aromatic carbocycles. The number of ether oxygens (including phenoxy) is 1. The number of aromatic nitrogens is 1. The number of carbonyl (C=O) groups excluding carboxylic acids is 1. The third kappa shape index (κ3) is 4.44. The standard InChI is InChI=1S/C18H26N2O3/c21-16-8-4-7-15(16)18(22)20-12-13-9-10-19-17(11-13)23-14-5-2-1-3-6-14/h9-11,14-16,21H,1-8,12H2,(H,20,22). The summed E-state index contributed by atoms with van der Waals surface area (Å²) in [5.74, 6) is 0.334. The zero-order valence-electron chi connectivity index (χ0n) is 13.5. The zero-order valence-corrected chi connectivity index (χ0v) is 13.5. The predicted molar refractivity (Wildman–Crippen MR) is 86.9 cm³/mol. The third-order valence-corrected chi connectivity index (χ3v) is 4.92. The molecule has 5 heteroatoms. The molecule has 0 spiro atoms. The van der Waals surface area contributed by atoms with Gasteiger partial charge in [0.05, 0.1) is 12.0 Å². The minimum atomic E-state index is -0.488. The van der Waals surface area contributed by atoms with Crippen molar-refractivity contribution in [2.45, 2.75) is 70.1 Å². The van der Waals surface area contributed by atoms with Crippen LogP contribution in [0, 0.1) is 5.92 Å². The number of hydrogen-bond acceptors (Lipinski definition) is 4. The highest BCUT2D eigenvalue weighted by molar-refractivity contribution is 5.79. The van der Waals surface area contributed by atoms with Crippen molar-refractivity contribution in [3.05, 3.63) is 23.9 Å². The van der Waals surface area contributed by atoms with Crippen LogP contribution >= 0.6 is 0 Å². The molecule has 126 valence electrons. The molecule has 2 unspecified atom stereocenters. The maximum Gasteiger partial charge on any atom is 0.225 e. The molecule has 2 saturated carbocycles. The van der Waals surface area contributed by atoms with Crippen LogP contribution in [0.15, 0.2) is 18.3 Å². The van der Waals surface area contributed by atoms with Gasteiger partial charge in [-0.15, -0.1) is 0 Å². The minimum absolute atomic E-state index is 0.0541. The lowest BCUT2D eigenvalue weighted by Crippen LogP contribution is -2.34. The average molecular weight is 318 g/mol. The number of pyridine rings is 1. The van der Waals surface area contributed by atoms with E-state index < -0.39 is 6.10 Å². The van der Waals surface area contributed by atoms with E-state index in [1.54, 1.807) is 6.20 Å². The van der Waals surface area contributed by atoms with Crippen molar-refractivity contribution in [3.8, 4) is 5.88 Å². The Bertz CT molecular complexity index is 529. The molecule has 1 aromatic rings. The summed E-state index contributed by atoms with van der Waals surface area (Å²) in [6, 6.07) is 3.79. The van der Waals surface area contributed by atoms with Crippen LogP contribution in [0.25, 0.3) is 0 Å². The molecular formula is C18H26N2O3. The van der Waals surface area contributed by atoms with E-state index in [0.29, 0.717) is 12.4 Å². The van der Waals surface area contributed by atoms with Crippen LogP contribution in [0.5, 0.6) is 5.88 Å². The fourth-order valence-corrected chi connectivity index (χ4v) is 3.55. The first kappa shape index (κ1) is 16.2. The quantitative estimate of drug-likeness (QED) is 0.875. The first-order valence-corrected chi connectivity index (χ1v) is 8.80. The van der Waals surface area contributed by atoms with Crippen LogP contribution in [-0.2, 0) is 11.3 Å². The maximum atomic E-state index is 12.1. The molecule has 1 aromatic heterocycles. The average Bonchev–Trinajstić information content (AvgIpc) is 3.00. The number of aliphatic hydroxyl groups is 1. The van der Waals surface area contributed by atoms with E-state index in [4.69, 9.17) is 4.74 Å². The number of nitrogens with zero attached hydrogens (tertiary/aromatic N) is 1. The van der Waals surface area contributed by atoms with Gasteiger partial charge in [0, 0.05) is 18.8 Å². The first-order valence-electron chi connectivity index (χ1n) is 8.80. The van der Waals surface area contributed by atoms with Gasteiger partial charge >= 0.3 is 0 Å². The van der Waals surface area contributed by atoms with E-state index in [-0.39, 0.29) is 17.9 Å². The molecule has 0 radical (unpaired) electrons. The zero-order chi connectivity index (χ0) is 16.1. The van der Waals surface area contributed by atoms with Gasteiger partial charge in [-0.2, -0.15) is 0 Å². The van der Waals surface area contributed by atoms with Crippen molar-refractivity contribution in [1.82, 2.24) is 10.3 Å². The molecular weight excluding hydrogens is 292 g/mol. The van der Waals surface area contributed by atoms with Gasteiger partial charge < -0.3 is 15.2 Å². The lowest BCUT2D eigenvalue weighted by molar-refractivity contribution is -0.127. The molecule has 5 nitrogen and oxygen atoms in total. The van der Waals surface area contributed by atoms with E-state index in [1.165, 1.54) is 19.3 Å². The maximum absolute atomic E-state index is 12.1. The van der Waals surface area contributed by atoms with Crippen LogP contribution in [0.3, 0.4) is 0 Å². The van der Waals surface area contributed by atoms with Crippen molar-refractivity contribution in [3.63, 3.8) is 0 Å². The lowest BCUT2D eigenvalue weighted by Gasteiger charge is -2.22. The number of nitrogens with one attached hydrogen (secondary N) is 1. The third-order valence-electron chi connectivity index (χ3n) is 4.92. The van der Waals surface area contributed by atoms with E-state index in [2.05, 4.69) is 10.3 Å². The Balaban J connectivity index is 1.51. The van der Waals surface area contributed by atoms with Gasteiger partial charge in [-0.3, -0.25) is 4.79 Å². The van der Waals surface area contributed by atoms with Crippen molar-refractivity contribution in [1.29, 1.82) is 0 Å². The Morgan fingerprint density at radius 3 is 2.78 bits per heavy atom. The fraction of sp³-hybridized carbons (Fsp3) is 0.667. The number of carbonyl (C=O) groups is 1. The van der Waals surface area contributed by atoms with E-state index >= 15 is 0 Å². The molecule has 3 rings (SSSR count). The van der Waals surface area contributed by atoms with Gasteiger partial charge in [-0.25, -0.2) is 4.98 Å². The summed E-state index contributed by atoms with van der Waals surface area (Å²) in [5.41, 5.74) is 0.978. The van der Waals surface area contributed by atoms with E-state index in [0.717, 1.165) is 37.7 Å². The molecule has 2 atom stereocenters. The molecule has 0 bridgehead atoms. The summed E-state index contributed by atoms with van der Waals surface area (Å²) < 4.78 is 5.96. The van der Waals surface area contributed by atoms with Crippen LogP contribution in [0.2, 0.25) is 0 Å². The molecule has 1 amide bonds. The second-order valence-electron chi connectivity index (χ2n) is 6.70. The monoisotopic (exact) mass is 318 g/mol. The highest BCUT2D eigenvalue weighted by Crippen LogP contribution is 2.26. The second kappa shape index (κ2) is 7.77. The number of aliphatic hydroxyl groups excluding tert-OH is 1. The highest BCUT2D eigenvalue weighted by atomic mass is 16.5. The van der Waals surface area contributed by atoms with Gasteiger partial charge in [0.15, 0.2) is 0 Å². The largest absolute Gasteiger partial charge is 0.474 e. The summed E-state index contributed by atoms with van der Waals surface area (Å²) in [6.07, 6.45) is 9.89. The predicted octanol–water partition coefficient (Wildman–Crippen LogP) is 2.57. The number of rotatable bonds is 5. The van der Waals surface area contributed by atoms with Crippen LogP contribution < -0.4 is 10.1 Å². The molecule has 2 fully saturated rings. The topological polar surface area (TPSA) is 71.5 Å². The Morgan fingerprint density at radius 1 is 1.22 bits per heavy atom. The normalized spacial score (nSPS) is 25.3. The van der Waals surface area contributed by atoms with E-state index in [9.17, 15) is 9.90 Å². The van der Waals surface area contributed by atoms with Gasteiger partial charge in [0.25, 0.3) is 0 Å². The summed E-state index contributed by atoms with van der Waals surface area (Å²) in [6.45, 7) is 0.450. The van der Waals surface area contributed by atoms with Crippen molar-refractivity contribution < 1.29 is 14.6 Å². The Labute approximate surface area is 137 Å². The van der Waals surface area contributed by atoms with Gasteiger partial charge in [-0.05, 0) is 56.6 Å². The van der Waals surface area contributed by atoms with Crippen LogP contribution in [0.1, 0.15) is 56.9 Å². The minimum Gasteiger partial charge on any atom is -0.474 e. The Kier molecular flexibility index (Phi) is 5.49. The SMILES string of the molecule is O=C(NCc1ccnc(OC2CCCCC2)c1)C1CCCC1O. The molecule has 0 saturated heterocycles. The van der Waals surface area contributed by atoms with Gasteiger partial charge in [0.2, 0.25) is 11.8 Å². The Morgan fingerprint density at radius 2 is 2.04 bits per heavy atom. The fourth-order valence-electron chi connectivity index (χ4n) is 3.55. The number of hydrogen-bond donors (Lipinski definition) is 2. The summed E-state index contributed by atoms with van der Waals surface area (Å²) in [7, 11) is 0. The lowest BCUT2D eigenvalue weighted by atomic mass is 9.98. The summed E-state index contributed by atoms with van der Waals surface area (Å²) in [5, 5.41) is 12.7. The number of amides is 1. The van der Waals surface area contributed by atoms with Crippen LogP contribution in [0.4, 0.5) is 0 Å². The van der Waals surface area contributed by atoms with Crippen LogP contribution in [-0.4, -0.2) is 28.2 Å². The van der Waals surface area contributed by atoms with Gasteiger partial charge in [-0.1, -0.05) is 6.42 Å². The van der Waals surface area contributed by atoms with Gasteiger partial charge in [0.1, 0.15) is 6.10 Å². The molecule has 0 aliphatic heterocycles. The highest BCUT2D eigenvalue weighted by Gasteiger charge is 2.31. The second-order valence-corrected chi connectivity index (χ2v) is 6.70. The van der Waals surface area contributed by atoms with Crippen molar-refractivity contribution in [2.24, 2.45) is 5.92 Å². The molecule has 2 N–H and O–H groups in total.